The molecule has 0 aliphatic carbocycles. The van der Waals surface area contributed by atoms with Gasteiger partial charge in [-0.05, 0) is 25.3 Å². The van der Waals surface area contributed by atoms with Gasteiger partial charge in [0.05, 0.1) is 11.9 Å². The first-order chi connectivity index (χ1) is 10.7. The number of hydrogen-bond donors (Lipinski definition) is 2. The number of halogens is 2. The van der Waals surface area contributed by atoms with E-state index >= 15 is 0 Å². The summed E-state index contributed by atoms with van der Waals surface area (Å²) >= 11 is 0.944. The molecule has 2 N–H and O–H groups in total. The molecule has 2 rings (SSSR count). The molecule has 0 aromatic carbocycles. The Morgan fingerprint density at radius 1 is 1.48 bits per heavy atom. The van der Waals surface area contributed by atoms with Crippen LogP contribution in [0.2, 0.25) is 0 Å². The number of amides is 1. The average Bonchev–Trinajstić information content (AvgIpc) is 3.07. The SMILES string of the molecule is CC(C)(C(=O)O)n1cc(NC(=O)c2sccc2OC(F)F)cn1. The third-order valence-corrected chi connectivity index (χ3v) is 3.88. The Balaban J connectivity index is 2.15. The fraction of sp³-hybridized carbons (Fsp3) is 0.308. The van der Waals surface area contributed by atoms with E-state index in [0.717, 1.165) is 11.3 Å². The minimum atomic E-state index is -3.03. The molecule has 23 heavy (non-hydrogen) atoms. The Labute approximate surface area is 133 Å². The molecule has 10 heteroatoms. The Hall–Kier alpha value is -2.49. The van der Waals surface area contributed by atoms with Gasteiger partial charge in [0.25, 0.3) is 5.91 Å². The number of alkyl halides is 2. The second-order valence-corrected chi connectivity index (χ2v) is 5.90. The van der Waals surface area contributed by atoms with Crippen molar-refractivity contribution in [2.75, 3.05) is 5.32 Å². The minimum Gasteiger partial charge on any atom is -0.479 e. The third-order valence-electron chi connectivity index (χ3n) is 2.99. The molecule has 0 bridgehead atoms. The lowest BCUT2D eigenvalue weighted by Crippen LogP contribution is -2.35. The van der Waals surface area contributed by atoms with Gasteiger partial charge in [0.1, 0.15) is 10.6 Å². The number of carbonyl (C=O) groups is 2. The van der Waals surface area contributed by atoms with E-state index in [1.807, 2.05) is 0 Å². The number of aliphatic carboxylic acids is 1. The summed E-state index contributed by atoms with van der Waals surface area (Å²) in [6.45, 7) is -0.140. The van der Waals surface area contributed by atoms with Gasteiger partial charge in [0.2, 0.25) is 0 Å². The van der Waals surface area contributed by atoms with Gasteiger partial charge < -0.3 is 15.2 Å². The molecular formula is C13H13F2N3O4S. The van der Waals surface area contributed by atoms with Crippen molar-refractivity contribution in [2.45, 2.75) is 26.0 Å². The van der Waals surface area contributed by atoms with Crippen LogP contribution in [0.5, 0.6) is 5.75 Å². The number of carboxylic acid groups (broad SMARTS) is 1. The highest BCUT2D eigenvalue weighted by molar-refractivity contribution is 7.12. The number of nitrogens with zero attached hydrogens (tertiary/aromatic N) is 2. The van der Waals surface area contributed by atoms with Gasteiger partial charge in [0.15, 0.2) is 5.54 Å². The van der Waals surface area contributed by atoms with E-state index in [4.69, 9.17) is 5.11 Å². The van der Waals surface area contributed by atoms with E-state index in [-0.39, 0.29) is 16.3 Å². The zero-order valence-electron chi connectivity index (χ0n) is 12.1. The number of anilines is 1. The number of carbonyl (C=O) groups excluding carboxylic acids is 1. The van der Waals surface area contributed by atoms with Crippen LogP contribution in [0.4, 0.5) is 14.5 Å². The van der Waals surface area contributed by atoms with Crippen molar-refractivity contribution < 1.29 is 28.2 Å². The number of hydrogen-bond acceptors (Lipinski definition) is 5. The Morgan fingerprint density at radius 2 is 2.17 bits per heavy atom. The number of rotatable bonds is 6. The number of thiophene rings is 1. The summed E-state index contributed by atoms with van der Waals surface area (Å²) in [7, 11) is 0. The summed E-state index contributed by atoms with van der Waals surface area (Å²) in [6, 6.07) is 1.27. The molecule has 0 saturated carbocycles. The molecule has 0 unspecified atom stereocenters. The van der Waals surface area contributed by atoms with Crippen molar-refractivity contribution >= 4 is 28.9 Å². The van der Waals surface area contributed by atoms with Crippen molar-refractivity contribution in [2.24, 2.45) is 0 Å². The molecule has 2 aromatic heterocycles. The van der Waals surface area contributed by atoms with Gasteiger partial charge in [-0.3, -0.25) is 9.48 Å². The Kier molecular flexibility index (Phi) is 4.64. The predicted molar refractivity (Wildman–Crippen MR) is 78.1 cm³/mol. The van der Waals surface area contributed by atoms with Crippen LogP contribution in [0, 0.1) is 0 Å². The number of carboxylic acids is 1. The molecule has 7 nitrogen and oxygen atoms in total. The summed E-state index contributed by atoms with van der Waals surface area (Å²) in [5.74, 6) is -1.96. The Bertz CT molecular complexity index is 726. The fourth-order valence-electron chi connectivity index (χ4n) is 1.63. The van der Waals surface area contributed by atoms with Crippen LogP contribution in [0.15, 0.2) is 23.8 Å². The smallest absolute Gasteiger partial charge is 0.387 e. The van der Waals surface area contributed by atoms with Crippen molar-refractivity contribution in [3.8, 4) is 5.75 Å². The predicted octanol–water partition coefficient (Wildman–Crippen LogP) is 2.62. The van der Waals surface area contributed by atoms with Gasteiger partial charge in [-0.15, -0.1) is 11.3 Å². The van der Waals surface area contributed by atoms with Crippen LogP contribution in [0.3, 0.4) is 0 Å². The number of ether oxygens (including phenoxy) is 1. The summed E-state index contributed by atoms with van der Waals surface area (Å²) in [4.78, 5) is 23.2. The van der Waals surface area contributed by atoms with E-state index in [2.05, 4.69) is 15.2 Å². The highest BCUT2D eigenvalue weighted by atomic mass is 32.1. The highest BCUT2D eigenvalue weighted by Gasteiger charge is 2.30. The van der Waals surface area contributed by atoms with Crippen LogP contribution in [-0.2, 0) is 10.3 Å². The molecule has 0 saturated heterocycles. The molecule has 2 heterocycles. The topological polar surface area (TPSA) is 93.5 Å². The molecule has 0 radical (unpaired) electrons. The van der Waals surface area contributed by atoms with E-state index in [1.165, 1.54) is 42.4 Å². The lowest BCUT2D eigenvalue weighted by molar-refractivity contribution is -0.146. The normalized spacial score (nSPS) is 11.5. The summed E-state index contributed by atoms with van der Waals surface area (Å²) in [6.07, 6.45) is 2.61. The maximum Gasteiger partial charge on any atom is 0.387 e. The molecule has 2 aromatic rings. The van der Waals surface area contributed by atoms with E-state index in [9.17, 15) is 18.4 Å². The monoisotopic (exact) mass is 345 g/mol. The lowest BCUT2D eigenvalue weighted by Gasteiger charge is -2.19. The maximum absolute atomic E-state index is 12.3. The van der Waals surface area contributed by atoms with Crippen molar-refractivity contribution in [1.29, 1.82) is 0 Å². The first kappa shape index (κ1) is 16.9. The summed E-state index contributed by atoms with van der Waals surface area (Å²) < 4.78 is 29.9. The first-order valence-electron chi connectivity index (χ1n) is 6.34. The quantitative estimate of drug-likeness (QED) is 0.839. The zero-order chi connectivity index (χ0) is 17.2. The zero-order valence-corrected chi connectivity index (χ0v) is 12.9. The Morgan fingerprint density at radius 3 is 2.78 bits per heavy atom. The largest absolute Gasteiger partial charge is 0.479 e. The van der Waals surface area contributed by atoms with Gasteiger partial charge >= 0.3 is 12.6 Å². The molecule has 124 valence electrons. The van der Waals surface area contributed by atoms with Gasteiger partial charge in [-0.2, -0.15) is 13.9 Å². The summed E-state index contributed by atoms with van der Waals surface area (Å²) in [5.41, 5.74) is -1.06. The summed E-state index contributed by atoms with van der Waals surface area (Å²) in [5, 5.41) is 16.9. The van der Waals surface area contributed by atoms with Gasteiger partial charge in [-0.1, -0.05) is 0 Å². The standard InChI is InChI=1S/C13H13F2N3O4S/c1-13(2,11(20)21)18-6-7(5-16-18)17-10(19)9-8(3-4-23-9)22-12(14)15/h3-6,12H,1-2H3,(H,17,19)(H,20,21). The maximum atomic E-state index is 12.3. The van der Waals surface area contributed by atoms with Crippen LogP contribution in [0.25, 0.3) is 0 Å². The van der Waals surface area contributed by atoms with Crippen LogP contribution < -0.4 is 10.1 Å². The van der Waals surface area contributed by atoms with Gasteiger partial charge in [-0.25, -0.2) is 4.79 Å². The van der Waals surface area contributed by atoms with Crippen molar-refractivity contribution in [1.82, 2.24) is 9.78 Å². The highest BCUT2D eigenvalue weighted by Crippen LogP contribution is 2.27. The number of nitrogens with one attached hydrogen (secondary N) is 1. The van der Waals surface area contributed by atoms with E-state index < -0.39 is 24.0 Å². The lowest BCUT2D eigenvalue weighted by atomic mass is 10.1. The third kappa shape index (κ3) is 3.65. The molecule has 1 amide bonds. The second-order valence-electron chi connectivity index (χ2n) is 4.98. The second kappa shape index (κ2) is 6.32. The van der Waals surface area contributed by atoms with E-state index in [1.54, 1.807) is 0 Å². The van der Waals surface area contributed by atoms with Crippen molar-refractivity contribution in [3.05, 3.63) is 28.7 Å². The average molecular weight is 345 g/mol. The molecule has 0 atom stereocenters. The minimum absolute atomic E-state index is 0.0180. The van der Waals surface area contributed by atoms with Gasteiger partial charge in [0, 0.05) is 6.20 Å². The molecule has 0 aliphatic rings. The van der Waals surface area contributed by atoms with Crippen LogP contribution in [-0.4, -0.2) is 33.4 Å². The van der Waals surface area contributed by atoms with E-state index in [0.29, 0.717) is 0 Å². The number of aromatic nitrogens is 2. The fourth-order valence-corrected chi connectivity index (χ4v) is 2.35. The first-order valence-corrected chi connectivity index (χ1v) is 7.22. The van der Waals surface area contributed by atoms with Crippen LogP contribution in [0.1, 0.15) is 23.5 Å². The molecule has 0 spiro atoms. The van der Waals surface area contributed by atoms with Crippen molar-refractivity contribution in [3.63, 3.8) is 0 Å². The molecule has 0 aliphatic heterocycles. The molecular weight excluding hydrogens is 332 g/mol. The molecule has 0 fully saturated rings. The van der Waals surface area contributed by atoms with Crippen LogP contribution >= 0.6 is 11.3 Å².